The molecule has 2 aliphatic carbocycles. The van der Waals surface area contributed by atoms with Crippen LogP contribution in [0.5, 0.6) is 0 Å². The maximum Gasteiger partial charge on any atom is 0.0723 e. The van der Waals surface area contributed by atoms with Gasteiger partial charge in [0.1, 0.15) is 0 Å². The van der Waals surface area contributed by atoms with Crippen molar-refractivity contribution in [2.45, 2.75) is 77.6 Å². The monoisotopic (exact) mass is 468 g/mol. The van der Waals surface area contributed by atoms with Crippen LogP contribution < -0.4 is 0 Å². The molecule has 0 amide bonds. The molecule has 2 unspecified atom stereocenters. The molecule has 2 atom stereocenters. The lowest BCUT2D eigenvalue weighted by molar-refractivity contribution is 0.895. The van der Waals surface area contributed by atoms with Gasteiger partial charge in [-0.2, -0.15) is 0 Å². The summed E-state index contributed by atoms with van der Waals surface area (Å²) in [6, 6.07) is 13.6. The van der Waals surface area contributed by atoms with Crippen LogP contribution in [-0.4, -0.2) is 8.07 Å². The van der Waals surface area contributed by atoms with Crippen molar-refractivity contribution in [3.05, 3.63) is 80.9 Å². The van der Waals surface area contributed by atoms with Crippen LogP contribution in [0.25, 0.3) is 10.1 Å². The Bertz CT molecular complexity index is 1000. The first kappa shape index (κ1) is 22.9. The van der Waals surface area contributed by atoms with Crippen molar-refractivity contribution in [2.75, 3.05) is 0 Å². The van der Waals surface area contributed by atoms with Crippen molar-refractivity contribution in [1.82, 2.24) is 0 Å². The zero-order chi connectivity index (χ0) is 22.5. The minimum absolute atomic E-state index is 0.429. The summed E-state index contributed by atoms with van der Waals surface area (Å²) in [4.78, 5) is 0. The summed E-state index contributed by atoms with van der Waals surface area (Å²) in [7, 11) is -1.95. The highest BCUT2D eigenvalue weighted by atomic mass is 35.5. The van der Waals surface area contributed by atoms with E-state index in [1.807, 2.05) is 0 Å². The third-order valence-corrected chi connectivity index (χ3v) is 12.9. The maximum absolute atomic E-state index is 7.11. The molecule has 0 aliphatic heterocycles. The first-order valence-corrected chi connectivity index (χ1v) is 15.8. The minimum atomic E-state index is -1.95. The Labute approximate surface area is 199 Å². The summed E-state index contributed by atoms with van der Waals surface area (Å²) in [6.45, 7) is 14.2. The predicted molar refractivity (Wildman–Crippen MR) is 141 cm³/mol. The van der Waals surface area contributed by atoms with Crippen LogP contribution in [0.3, 0.4) is 0 Å². The molecular formula is C28H34Cl2Si. The molecule has 164 valence electrons. The van der Waals surface area contributed by atoms with Crippen molar-refractivity contribution in [1.29, 1.82) is 0 Å². The van der Waals surface area contributed by atoms with Gasteiger partial charge in [-0.25, -0.2) is 0 Å². The Balaban J connectivity index is 1.95. The van der Waals surface area contributed by atoms with Crippen molar-refractivity contribution in [2.24, 2.45) is 0 Å². The van der Waals surface area contributed by atoms with Crippen molar-refractivity contribution >= 4 is 41.3 Å². The summed E-state index contributed by atoms with van der Waals surface area (Å²) in [5.74, 6) is 0. The molecule has 2 aromatic carbocycles. The third-order valence-electron chi connectivity index (χ3n) is 7.70. The summed E-state index contributed by atoms with van der Waals surface area (Å²) in [5.41, 5.74) is 12.1. The van der Waals surface area contributed by atoms with Gasteiger partial charge in [-0.15, -0.1) is 0 Å². The van der Waals surface area contributed by atoms with E-state index in [9.17, 15) is 0 Å². The molecule has 0 fully saturated rings. The van der Waals surface area contributed by atoms with Crippen LogP contribution in [0.2, 0.25) is 13.1 Å². The fourth-order valence-corrected chi connectivity index (χ4v) is 12.4. The summed E-state index contributed by atoms with van der Waals surface area (Å²) in [5, 5.41) is 2.04. The lowest BCUT2D eigenvalue weighted by Crippen LogP contribution is -2.43. The Kier molecular flexibility index (Phi) is 6.33. The second kappa shape index (κ2) is 8.58. The van der Waals surface area contributed by atoms with Gasteiger partial charge in [-0.05, 0) is 70.2 Å². The zero-order valence-corrected chi connectivity index (χ0v) is 22.2. The molecule has 31 heavy (non-hydrogen) atoms. The second-order valence-electron chi connectivity index (χ2n) is 9.54. The van der Waals surface area contributed by atoms with Gasteiger partial charge < -0.3 is 0 Å². The van der Waals surface area contributed by atoms with Crippen LogP contribution in [-0.2, 0) is 12.8 Å². The van der Waals surface area contributed by atoms with E-state index >= 15 is 0 Å². The zero-order valence-electron chi connectivity index (χ0n) is 19.7. The summed E-state index contributed by atoms with van der Waals surface area (Å²) >= 11 is 14.2. The average molecular weight is 470 g/mol. The number of halogens is 2. The average Bonchev–Trinajstić information content (AvgIpc) is 3.25. The van der Waals surface area contributed by atoms with Crippen molar-refractivity contribution in [3.63, 3.8) is 0 Å². The third kappa shape index (κ3) is 3.31. The van der Waals surface area contributed by atoms with E-state index in [0.717, 1.165) is 35.7 Å². The molecule has 2 aromatic rings. The van der Waals surface area contributed by atoms with E-state index in [-0.39, 0.29) is 0 Å². The first-order valence-electron chi connectivity index (χ1n) is 11.8. The molecule has 0 bridgehead atoms. The van der Waals surface area contributed by atoms with Gasteiger partial charge >= 0.3 is 0 Å². The van der Waals surface area contributed by atoms with E-state index in [2.05, 4.69) is 77.2 Å². The summed E-state index contributed by atoms with van der Waals surface area (Å²) < 4.78 is 0. The molecule has 0 saturated carbocycles. The number of hydrogen-bond acceptors (Lipinski definition) is 0. The molecule has 0 radical (unpaired) electrons. The topological polar surface area (TPSA) is 0 Å². The number of rotatable bonds is 6. The predicted octanol–water partition coefficient (Wildman–Crippen LogP) is 9.21. The van der Waals surface area contributed by atoms with E-state index in [1.165, 1.54) is 44.5 Å². The highest BCUT2D eigenvalue weighted by Crippen LogP contribution is 2.58. The van der Waals surface area contributed by atoms with Crippen LogP contribution in [0.4, 0.5) is 0 Å². The molecule has 0 nitrogen and oxygen atoms in total. The molecule has 0 heterocycles. The van der Waals surface area contributed by atoms with Gasteiger partial charge in [0.15, 0.2) is 0 Å². The smallest absolute Gasteiger partial charge is 0.0723 e. The van der Waals surface area contributed by atoms with Crippen molar-refractivity contribution in [3.8, 4) is 0 Å². The molecule has 0 N–H and O–H groups in total. The SMILES string of the molecule is CCC1=C(Cl)c2c(CC)cccc2C1[Si](C)(C)C1C(CC)=C(Cl)c2c(CC)cccc21. The molecule has 0 saturated heterocycles. The maximum atomic E-state index is 7.11. The number of aryl methyl sites for hydroxylation is 2. The highest BCUT2D eigenvalue weighted by molar-refractivity contribution is 6.82. The second-order valence-corrected chi connectivity index (χ2v) is 15.1. The fourth-order valence-electron chi connectivity index (χ4n) is 6.38. The lowest BCUT2D eigenvalue weighted by Gasteiger charge is -2.40. The Morgan fingerprint density at radius 3 is 1.35 bits per heavy atom. The van der Waals surface area contributed by atoms with Gasteiger partial charge in [0.05, 0.1) is 8.07 Å². The number of fused-ring (bicyclic) bond motifs is 2. The Morgan fingerprint density at radius 2 is 1.03 bits per heavy atom. The number of benzene rings is 2. The molecule has 0 aromatic heterocycles. The van der Waals surface area contributed by atoms with Crippen LogP contribution in [0, 0.1) is 0 Å². The Morgan fingerprint density at radius 1 is 0.645 bits per heavy atom. The van der Waals surface area contributed by atoms with Crippen molar-refractivity contribution < 1.29 is 0 Å². The first-order chi connectivity index (χ1) is 14.8. The molecule has 2 aliphatic rings. The molecule has 4 rings (SSSR count). The van der Waals surface area contributed by atoms with E-state index in [4.69, 9.17) is 23.2 Å². The van der Waals surface area contributed by atoms with Crippen LogP contribution >= 0.6 is 23.2 Å². The van der Waals surface area contributed by atoms with Gasteiger partial charge in [0.2, 0.25) is 0 Å². The normalized spacial score (nSPS) is 20.5. The quantitative estimate of drug-likeness (QED) is 0.370. The van der Waals surface area contributed by atoms with Gasteiger partial charge in [0.25, 0.3) is 0 Å². The Hall–Kier alpha value is -1.28. The van der Waals surface area contributed by atoms with Crippen LogP contribution in [0.15, 0.2) is 47.5 Å². The summed E-state index contributed by atoms with van der Waals surface area (Å²) in [6.07, 6.45) is 4.04. The highest BCUT2D eigenvalue weighted by Gasteiger charge is 2.50. The standard InChI is InChI=1S/C28H34Cl2Si/c1-7-17-13-11-15-21-23(17)25(29)19(9-3)27(21)31(5,6)28-20(10-4)26(30)24-18(8-2)14-12-16-22(24)28/h11-16,27-28H,7-10H2,1-6H3. The largest absolute Gasteiger partial charge is 0.0837 e. The number of allylic oxidation sites excluding steroid dienone is 2. The molecule has 0 spiro atoms. The minimum Gasteiger partial charge on any atom is -0.0837 e. The fraction of sp³-hybridized carbons (Fsp3) is 0.429. The van der Waals surface area contributed by atoms with E-state index < -0.39 is 8.07 Å². The molecule has 3 heteroatoms. The van der Waals surface area contributed by atoms with Gasteiger partial charge in [-0.1, -0.05) is 100 Å². The number of hydrogen-bond donors (Lipinski definition) is 0. The lowest BCUT2D eigenvalue weighted by atomic mass is 10.0. The van der Waals surface area contributed by atoms with E-state index in [1.54, 1.807) is 0 Å². The van der Waals surface area contributed by atoms with E-state index in [0.29, 0.717) is 11.1 Å². The van der Waals surface area contributed by atoms with Crippen LogP contribution in [0.1, 0.15) is 85.0 Å². The van der Waals surface area contributed by atoms with Gasteiger partial charge in [0, 0.05) is 21.1 Å². The van der Waals surface area contributed by atoms with Gasteiger partial charge in [-0.3, -0.25) is 0 Å². The molecular weight excluding hydrogens is 435 g/mol.